The van der Waals surface area contributed by atoms with E-state index in [-0.39, 0.29) is 5.75 Å². The molecule has 0 amide bonds. The highest BCUT2D eigenvalue weighted by Gasteiger charge is 2.34. The van der Waals surface area contributed by atoms with Crippen LogP contribution in [0, 0.1) is 0 Å². The average Bonchev–Trinajstić information content (AvgIpc) is 3.05. The van der Waals surface area contributed by atoms with Crippen LogP contribution < -0.4 is 19.1 Å². The molecule has 0 unspecified atom stereocenters. The Morgan fingerprint density at radius 3 is 2.56 bits per heavy atom. The minimum Gasteiger partial charge on any atom is -0.496 e. The van der Waals surface area contributed by atoms with E-state index in [1.54, 1.807) is 13.2 Å². The largest absolute Gasteiger partial charge is 0.496 e. The van der Waals surface area contributed by atoms with E-state index >= 15 is 0 Å². The predicted octanol–water partition coefficient (Wildman–Crippen LogP) is 3.59. The maximum Gasteiger partial charge on any atom is 0.423 e. The number of hydrogen-bond donors (Lipinski definition) is 0. The van der Waals surface area contributed by atoms with Crippen LogP contribution in [0.4, 0.5) is 5.82 Å². The van der Waals surface area contributed by atoms with Gasteiger partial charge in [0, 0.05) is 42.7 Å². The van der Waals surface area contributed by atoms with Crippen molar-refractivity contribution in [2.45, 2.75) is 19.8 Å². The zero-order valence-electron chi connectivity index (χ0n) is 20.4. The van der Waals surface area contributed by atoms with Crippen LogP contribution >= 0.6 is 0 Å². The third-order valence-corrected chi connectivity index (χ3v) is 7.25. The maximum atomic E-state index is 12.6. The summed E-state index contributed by atoms with van der Waals surface area (Å²) in [6, 6.07) is 11.4. The number of aromatic nitrogens is 1. The molecule has 0 saturated carbocycles. The van der Waals surface area contributed by atoms with Crippen LogP contribution in [0.5, 0.6) is 17.2 Å². The van der Waals surface area contributed by atoms with Crippen molar-refractivity contribution in [2.75, 3.05) is 44.7 Å². The molecule has 0 spiro atoms. The van der Waals surface area contributed by atoms with Crippen molar-refractivity contribution >= 4 is 34.1 Å². The summed E-state index contributed by atoms with van der Waals surface area (Å²) in [7, 11) is 1.67. The number of carbonyl (C=O) groups excluding carboxylic acids is 2. The Balaban J connectivity index is 1.61. The van der Waals surface area contributed by atoms with Crippen molar-refractivity contribution in [1.29, 1.82) is 0 Å². The summed E-state index contributed by atoms with van der Waals surface area (Å²) >= 11 is 0. The van der Waals surface area contributed by atoms with Crippen LogP contribution in [0.15, 0.2) is 42.5 Å². The normalized spacial score (nSPS) is 17.7. The van der Waals surface area contributed by atoms with Gasteiger partial charge in [-0.05, 0) is 37.1 Å². The summed E-state index contributed by atoms with van der Waals surface area (Å²) in [4.78, 5) is 34.8. The van der Waals surface area contributed by atoms with Gasteiger partial charge in [0.15, 0.2) is 5.75 Å². The number of rotatable bonds is 4. The minimum absolute atomic E-state index is 0.259. The molecule has 184 valence electrons. The molecule has 2 aliphatic heterocycles. The molecule has 0 atom stereocenters. The zero-order chi connectivity index (χ0) is 24.8. The summed E-state index contributed by atoms with van der Waals surface area (Å²) < 4.78 is 16.8. The minimum atomic E-state index is -1.05. The molecule has 1 fully saturated rings. The smallest absolute Gasteiger partial charge is 0.423 e. The van der Waals surface area contributed by atoms with Crippen LogP contribution in [0.2, 0.25) is 0 Å². The second kappa shape index (κ2) is 8.95. The number of benzene rings is 2. The van der Waals surface area contributed by atoms with Gasteiger partial charge < -0.3 is 24.0 Å². The Hall–Kier alpha value is -3.91. The number of allylic oxidation sites excluding steroid dienone is 1. The monoisotopic (exact) mass is 485 g/mol. The highest BCUT2D eigenvalue weighted by atomic mass is 16.6. The van der Waals surface area contributed by atoms with E-state index in [9.17, 15) is 9.59 Å². The summed E-state index contributed by atoms with van der Waals surface area (Å²) in [5.41, 5.74) is 3.46. The van der Waals surface area contributed by atoms with Gasteiger partial charge in [-0.25, -0.2) is 14.6 Å². The lowest BCUT2D eigenvalue weighted by atomic mass is 9.87. The third kappa shape index (κ3) is 3.60. The highest BCUT2D eigenvalue weighted by Crippen LogP contribution is 2.47. The van der Waals surface area contributed by atoms with Crippen molar-refractivity contribution in [3.05, 3.63) is 59.3 Å². The lowest BCUT2D eigenvalue weighted by Crippen LogP contribution is -2.46. The van der Waals surface area contributed by atoms with Crippen LogP contribution in [0.1, 0.15) is 30.2 Å². The molecule has 3 aromatic rings. The van der Waals surface area contributed by atoms with Gasteiger partial charge in [0.2, 0.25) is 0 Å². The number of hydrogen-bond acceptors (Lipinski definition) is 8. The Bertz CT molecular complexity index is 1420. The van der Waals surface area contributed by atoms with Gasteiger partial charge in [-0.15, -0.1) is 0 Å². The number of nitrogens with zero attached hydrogens (tertiary/aromatic N) is 3. The molecule has 0 radical (unpaired) electrons. The number of fused-ring (bicyclic) bond motifs is 1. The zero-order valence-corrected chi connectivity index (χ0v) is 20.4. The fraction of sp³-hybridized carbons (Fsp3) is 0.321. The Kier molecular flexibility index (Phi) is 5.60. The Labute approximate surface area is 209 Å². The molecule has 8 nitrogen and oxygen atoms in total. The molecular formula is C28H27N3O5. The van der Waals surface area contributed by atoms with Gasteiger partial charge in [0.25, 0.3) is 0 Å². The number of anilines is 1. The fourth-order valence-corrected chi connectivity index (χ4v) is 5.41. The first kappa shape index (κ1) is 22.5. The molecule has 1 aromatic heterocycles. The Morgan fingerprint density at radius 2 is 1.78 bits per heavy atom. The standard InChI is InChI=1S/C28H27N3O5/c1-3-30-13-15-31(16-14-30)26-20-10-6-12-22-23(20)25(36-28(33)27(32)35-22)24(29-26)19-9-4-8-18-17(19)7-5-11-21(18)34-2/h5-7,9-12H,3-4,8,13-16H2,1-2H3. The van der Waals surface area contributed by atoms with Gasteiger partial charge in [0.1, 0.15) is 23.0 Å². The molecule has 0 bridgehead atoms. The molecule has 3 aliphatic rings. The van der Waals surface area contributed by atoms with E-state index in [1.165, 1.54) is 0 Å². The SMILES string of the molecule is CCN1CCN(c2nc(C3=CCCc4c(OC)cccc43)c3c4c(cccc24)OC(=O)C(=O)O3)CC1. The van der Waals surface area contributed by atoms with Crippen molar-refractivity contribution in [1.82, 2.24) is 9.88 Å². The van der Waals surface area contributed by atoms with E-state index in [0.717, 1.165) is 79.2 Å². The van der Waals surface area contributed by atoms with Crippen molar-refractivity contribution < 1.29 is 23.8 Å². The van der Waals surface area contributed by atoms with Crippen molar-refractivity contribution in [2.24, 2.45) is 0 Å². The quantitative estimate of drug-likeness (QED) is 0.315. The van der Waals surface area contributed by atoms with E-state index in [2.05, 4.69) is 22.8 Å². The highest BCUT2D eigenvalue weighted by molar-refractivity contribution is 6.32. The van der Waals surface area contributed by atoms with Gasteiger partial charge in [0.05, 0.1) is 12.5 Å². The molecule has 0 N–H and O–H groups in total. The van der Waals surface area contributed by atoms with Crippen LogP contribution in [0.3, 0.4) is 0 Å². The van der Waals surface area contributed by atoms with Crippen molar-refractivity contribution in [3.8, 4) is 17.2 Å². The molecule has 1 aliphatic carbocycles. The second-order valence-corrected chi connectivity index (χ2v) is 9.14. The molecule has 8 heteroatoms. The lowest BCUT2D eigenvalue weighted by molar-refractivity contribution is -0.155. The van der Waals surface area contributed by atoms with Crippen LogP contribution in [0.25, 0.3) is 16.3 Å². The number of ether oxygens (including phenoxy) is 3. The van der Waals surface area contributed by atoms with Crippen LogP contribution in [-0.4, -0.2) is 61.7 Å². The van der Waals surface area contributed by atoms with Gasteiger partial charge in [-0.2, -0.15) is 0 Å². The number of carbonyl (C=O) groups is 2. The summed E-state index contributed by atoms with van der Waals surface area (Å²) in [6.45, 7) is 6.69. The van der Waals surface area contributed by atoms with Crippen LogP contribution in [-0.2, 0) is 16.0 Å². The lowest BCUT2D eigenvalue weighted by Gasteiger charge is -2.35. The first-order valence-corrected chi connectivity index (χ1v) is 12.3. The van der Waals surface area contributed by atoms with Gasteiger partial charge in [-0.1, -0.05) is 37.3 Å². The maximum absolute atomic E-state index is 12.6. The summed E-state index contributed by atoms with van der Waals surface area (Å²) in [5.74, 6) is 0.0831. The van der Waals surface area contributed by atoms with Gasteiger partial charge in [-0.3, -0.25) is 0 Å². The predicted molar refractivity (Wildman–Crippen MR) is 136 cm³/mol. The summed E-state index contributed by atoms with van der Waals surface area (Å²) in [5, 5.41) is 1.38. The van der Waals surface area contributed by atoms with E-state index in [4.69, 9.17) is 19.2 Å². The Morgan fingerprint density at radius 1 is 1.00 bits per heavy atom. The topological polar surface area (TPSA) is 81.2 Å². The number of piperazine rings is 1. The van der Waals surface area contributed by atoms with E-state index in [0.29, 0.717) is 16.8 Å². The number of esters is 2. The molecule has 1 saturated heterocycles. The van der Waals surface area contributed by atoms with Gasteiger partial charge >= 0.3 is 11.9 Å². The molecule has 6 rings (SSSR count). The first-order valence-electron chi connectivity index (χ1n) is 12.3. The second-order valence-electron chi connectivity index (χ2n) is 9.14. The van der Waals surface area contributed by atoms with E-state index in [1.807, 2.05) is 30.3 Å². The first-order chi connectivity index (χ1) is 17.6. The molecule has 3 heterocycles. The average molecular weight is 486 g/mol. The number of pyridine rings is 1. The molecule has 2 aromatic carbocycles. The molecular weight excluding hydrogens is 458 g/mol. The van der Waals surface area contributed by atoms with E-state index < -0.39 is 11.9 Å². The number of methoxy groups -OCH3 is 1. The molecule has 36 heavy (non-hydrogen) atoms. The third-order valence-electron chi connectivity index (χ3n) is 7.25. The van der Waals surface area contributed by atoms with Crippen molar-refractivity contribution in [3.63, 3.8) is 0 Å². The summed E-state index contributed by atoms with van der Waals surface area (Å²) in [6.07, 6.45) is 3.75. The number of likely N-dealkylation sites (N-methyl/N-ethyl adjacent to an activating group) is 1. The fourth-order valence-electron chi connectivity index (χ4n) is 5.41.